The Morgan fingerprint density at radius 2 is 1.70 bits per heavy atom. The van der Waals surface area contributed by atoms with E-state index >= 15 is 0 Å². The van der Waals surface area contributed by atoms with Crippen molar-refractivity contribution in [2.24, 2.45) is 34.5 Å². The zero-order valence-electron chi connectivity index (χ0n) is 20.6. The molecule has 1 aliphatic heterocycles. The lowest BCUT2D eigenvalue weighted by atomic mass is 9.44. The predicted octanol–water partition coefficient (Wildman–Crippen LogP) is 3.95. The molecule has 4 saturated carbocycles. The lowest BCUT2D eigenvalue weighted by Gasteiger charge is -2.62. The Bertz CT molecular complexity index is 843. The molecule has 33 heavy (non-hydrogen) atoms. The van der Waals surface area contributed by atoms with Crippen molar-refractivity contribution in [1.82, 2.24) is 9.88 Å². The third-order valence-corrected chi connectivity index (χ3v) is 11.4. The van der Waals surface area contributed by atoms with Gasteiger partial charge in [-0.25, -0.2) is 4.98 Å². The number of aliphatic hydroxyl groups is 2. The van der Waals surface area contributed by atoms with E-state index in [4.69, 9.17) is 0 Å². The summed E-state index contributed by atoms with van der Waals surface area (Å²) in [5, 5.41) is 22.1. The summed E-state index contributed by atoms with van der Waals surface area (Å²) < 4.78 is 0. The fourth-order valence-corrected chi connectivity index (χ4v) is 9.44. The van der Waals surface area contributed by atoms with Crippen LogP contribution in [0.5, 0.6) is 0 Å². The van der Waals surface area contributed by atoms with Gasteiger partial charge in [-0.2, -0.15) is 0 Å². The summed E-state index contributed by atoms with van der Waals surface area (Å²) in [5.41, 5.74) is 0.486. The third kappa shape index (κ3) is 3.48. The van der Waals surface area contributed by atoms with Gasteiger partial charge < -0.3 is 15.1 Å². The van der Waals surface area contributed by atoms with E-state index in [-0.39, 0.29) is 17.6 Å². The van der Waals surface area contributed by atoms with E-state index in [9.17, 15) is 10.2 Å². The molecule has 5 aliphatic rings. The molecule has 5 nitrogen and oxygen atoms in total. The number of pyridine rings is 1. The van der Waals surface area contributed by atoms with Gasteiger partial charge in [-0.05, 0) is 98.0 Å². The van der Waals surface area contributed by atoms with Crippen molar-refractivity contribution in [2.75, 3.05) is 31.1 Å². The third-order valence-electron chi connectivity index (χ3n) is 11.4. The smallest absolute Gasteiger partial charge is 0.128 e. The molecule has 9 atom stereocenters. The molecule has 0 unspecified atom stereocenters. The van der Waals surface area contributed by atoms with Crippen molar-refractivity contribution in [2.45, 2.75) is 83.5 Å². The van der Waals surface area contributed by atoms with Crippen LogP contribution >= 0.6 is 0 Å². The normalized spacial score (nSPS) is 48.1. The van der Waals surface area contributed by atoms with Gasteiger partial charge in [0.25, 0.3) is 0 Å². The molecule has 1 saturated heterocycles. The Kier molecular flexibility index (Phi) is 5.54. The Labute approximate surface area is 199 Å². The average molecular weight is 454 g/mol. The van der Waals surface area contributed by atoms with E-state index in [0.29, 0.717) is 23.3 Å². The summed E-state index contributed by atoms with van der Waals surface area (Å²) in [6.45, 7) is 8.98. The molecule has 182 valence electrons. The molecule has 6 rings (SSSR count). The Balaban J connectivity index is 1.18. The molecule has 2 N–H and O–H groups in total. The van der Waals surface area contributed by atoms with Crippen LogP contribution in [0.2, 0.25) is 0 Å². The van der Waals surface area contributed by atoms with Gasteiger partial charge in [0, 0.05) is 38.4 Å². The van der Waals surface area contributed by atoms with E-state index < -0.39 is 0 Å². The van der Waals surface area contributed by atoms with Crippen LogP contribution in [-0.4, -0.2) is 64.5 Å². The maximum absolute atomic E-state index is 11.3. The van der Waals surface area contributed by atoms with E-state index in [1.54, 1.807) is 0 Å². The summed E-state index contributed by atoms with van der Waals surface area (Å²) in [5.74, 6) is 3.99. The van der Waals surface area contributed by atoms with Crippen LogP contribution in [0.25, 0.3) is 0 Å². The number of nitrogens with zero attached hydrogens (tertiary/aromatic N) is 3. The fraction of sp³-hybridized carbons (Fsp3) is 0.821. The second kappa shape index (κ2) is 8.20. The highest BCUT2D eigenvalue weighted by Gasteiger charge is 2.61. The van der Waals surface area contributed by atoms with Gasteiger partial charge in [0.1, 0.15) is 5.82 Å². The molecule has 1 aromatic rings. The van der Waals surface area contributed by atoms with Crippen molar-refractivity contribution < 1.29 is 10.2 Å². The molecular formula is C28H43N3O2. The molecule has 0 amide bonds. The highest BCUT2D eigenvalue weighted by Crippen LogP contribution is 2.66. The van der Waals surface area contributed by atoms with E-state index in [0.717, 1.165) is 63.1 Å². The number of hydrogen-bond acceptors (Lipinski definition) is 5. The minimum Gasteiger partial charge on any atom is -0.393 e. The second-order valence-corrected chi connectivity index (χ2v) is 12.6. The monoisotopic (exact) mass is 453 g/mol. The van der Waals surface area contributed by atoms with Crippen LogP contribution in [0.3, 0.4) is 0 Å². The van der Waals surface area contributed by atoms with Crippen LogP contribution in [0.4, 0.5) is 5.82 Å². The fourth-order valence-electron chi connectivity index (χ4n) is 9.44. The second-order valence-electron chi connectivity index (χ2n) is 12.6. The van der Waals surface area contributed by atoms with Crippen molar-refractivity contribution in [3.05, 3.63) is 24.4 Å². The Morgan fingerprint density at radius 1 is 0.909 bits per heavy atom. The number of fused-ring (bicyclic) bond motifs is 5. The summed E-state index contributed by atoms with van der Waals surface area (Å²) in [6, 6.07) is 6.44. The molecular weight excluding hydrogens is 410 g/mol. The lowest BCUT2D eigenvalue weighted by molar-refractivity contribution is -0.153. The first-order valence-corrected chi connectivity index (χ1v) is 13.7. The molecule has 2 heterocycles. The van der Waals surface area contributed by atoms with Crippen LogP contribution in [0, 0.1) is 34.5 Å². The largest absolute Gasteiger partial charge is 0.393 e. The summed E-state index contributed by atoms with van der Waals surface area (Å²) >= 11 is 0. The van der Waals surface area contributed by atoms with Crippen LogP contribution in [0.15, 0.2) is 24.4 Å². The van der Waals surface area contributed by atoms with E-state index in [1.165, 1.54) is 32.1 Å². The molecule has 5 heteroatoms. The molecule has 4 aliphatic carbocycles. The minimum absolute atomic E-state index is 0.0923. The van der Waals surface area contributed by atoms with Crippen molar-refractivity contribution in [3.8, 4) is 0 Å². The van der Waals surface area contributed by atoms with Crippen LogP contribution < -0.4 is 4.90 Å². The SMILES string of the molecule is C[C@]12C[C@H](N3CCN(c4ccccn4)CC3)[C@@H](O)C[C@@H]1CC[C@@H]1[C@@H]2CC[C@]2(C)[C@@H](O)CC[C@@H]12. The minimum atomic E-state index is -0.191. The first kappa shape index (κ1) is 22.3. The lowest BCUT2D eigenvalue weighted by Crippen LogP contribution is -2.62. The molecule has 0 radical (unpaired) electrons. The number of aromatic nitrogens is 1. The van der Waals surface area contributed by atoms with Gasteiger partial charge in [-0.3, -0.25) is 4.90 Å². The molecule has 5 fully saturated rings. The number of aliphatic hydroxyl groups excluding tert-OH is 2. The van der Waals surface area contributed by atoms with Crippen molar-refractivity contribution >= 4 is 5.82 Å². The van der Waals surface area contributed by atoms with E-state index in [2.05, 4.69) is 40.8 Å². The first-order chi connectivity index (χ1) is 15.9. The van der Waals surface area contributed by atoms with Gasteiger partial charge >= 0.3 is 0 Å². The zero-order chi connectivity index (χ0) is 22.8. The topological polar surface area (TPSA) is 59.8 Å². The predicted molar refractivity (Wildman–Crippen MR) is 131 cm³/mol. The van der Waals surface area contributed by atoms with Gasteiger partial charge in [0.15, 0.2) is 0 Å². The molecule has 0 bridgehead atoms. The van der Waals surface area contributed by atoms with Gasteiger partial charge in [0.05, 0.1) is 12.2 Å². The van der Waals surface area contributed by atoms with Gasteiger partial charge in [0.2, 0.25) is 0 Å². The Hall–Kier alpha value is -1.17. The van der Waals surface area contributed by atoms with Gasteiger partial charge in [-0.15, -0.1) is 0 Å². The number of rotatable bonds is 2. The zero-order valence-corrected chi connectivity index (χ0v) is 20.6. The molecule has 0 spiro atoms. The average Bonchev–Trinajstić information content (AvgIpc) is 3.14. The Morgan fingerprint density at radius 3 is 2.45 bits per heavy atom. The number of piperazine rings is 1. The summed E-state index contributed by atoms with van der Waals surface area (Å²) in [7, 11) is 0. The quantitative estimate of drug-likeness (QED) is 0.710. The standard InChI is InChI=1S/C28H43N3O2/c1-27-11-10-22-20(21(27)8-9-25(27)33)7-6-19-17-24(32)23(18-28(19,22)2)30-13-15-31(16-14-30)26-5-3-4-12-29-26/h3-5,12,19-25,32-33H,6-11,13-18H2,1-2H3/t19-,20-,21-,22-,23-,24-,25-,27-,28-/m0/s1. The van der Waals surface area contributed by atoms with Crippen molar-refractivity contribution in [3.63, 3.8) is 0 Å². The highest BCUT2D eigenvalue weighted by molar-refractivity contribution is 5.38. The van der Waals surface area contributed by atoms with Crippen LogP contribution in [0.1, 0.15) is 65.2 Å². The number of anilines is 1. The van der Waals surface area contributed by atoms with Crippen molar-refractivity contribution in [1.29, 1.82) is 0 Å². The highest BCUT2D eigenvalue weighted by atomic mass is 16.3. The summed E-state index contributed by atoms with van der Waals surface area (Å²) in [4.78, 5) is 9.53. The van der Waals surface area contributed by atoms with Gasteiger partial charge in [-0.1, -0.05) is 19.9 Å². The maximum atomic E-state index is 11.3. The van der Waals surface area contributed by atoms with E-state index in [1.807, 2.05) is 12.3 Å². The summed E-state index contributed by atoms with van der Waals surface area (Å²) in [6.07, 6.45) is 11.0. The maximum Gasteiger partial charge on any atom is 0.128 e. The number of hydrogen-bond donors (Lipinski definition) is 2. The van der Waals surface area contributed by atoms with Crippen LogP contribution in [-0.2, 0) is 0 Å². The first-order valence-electron chi connectivity index (χ1n) is 13.7. The molecule has 0 aromatic carbocycles. The molecule has 1 aromatic heterocycles.